The molecule has 0 saturated carbocycles. The van der Waals surface area contributed by atoms with Gasteiger partial charge in [-0.2, -0.15) is 0 Å². The molecule has 0 aromatic rings. The van der Waals surface area contributed by atoms with Crippen LogP contribution in [-0.4, -0.2) is 61.4 Å². The summed E-state index contributed by atoms with van der Waals surface area (Å²) in [7, 11) is 0. The zero-order valence-electron chi connectivity index (χ0n) is 12.0. The molecule has 1 heterocycles. The van der Waals surface area contributed by atoms with Crippen molar-refractivity contribution in [1.29, 1.82) is 0 Å². The van der Waals surface area contributed by atoms with E-state index in [9.17, 15) is 65.9 Å². The molecule has 171 valence electrons. The molecule has 1 saturated heterocycles. The Bertz CT molecular complexity index is 589. The fourth-order valence-corrected chi connectivity index (χ4v) is 3.84. The molecule has 19 heteroatoms. The van der Waals surface area contributed by atoms with E-state index < -0.39 is 61.4 Å². The minimum absolute atomic E-state index is 2.00. The van der Waals surface area contributed by atoms with Gasteiger partial charge in [0.15, 0.2) is 0 Å². The zero-order chi connectivity index (χ0) is 22.6. The molecule has 0 N–H and O–H groups in total. The van der Waals surface area contributed by atoms with E-state index in [0.717, 1.165) is 0 Å². The third-order valence-corrected chi connectivity index (χ3v) is 6.19. The van der Waals surface area contributed by atoms with Crippen molar-refractivity contribution in [2.75, 3.05) is 6.61 Å². The van der Waals surface area contributed by atoms with Crippen LogP contribution < -0.4 is 0 Å². The van der Waals surface area contributed by atoms with Crippen molar-refractivity contribution >= 4 is 6.61 Å². The summed E-state index contributed by atoms with van der Waals surface area (Å²) in [6.07, 6.45) is -23.7. The molecule has 1 rings (SSSR count). The number of halogens is 15. The van der Waals surface area contributed by atoms with Crippen molar-refractivity contribution < 1.29 is 75.3 Å². The van der Waals surface area contributed by atoms with Gasteiger partial charge in [-0.1, -0.05) is 0 Å². The Kier molecular flexibility index (Phi) is 5.39. The van der Waals surface area contributed by atoms with E-state index in [1.165, 1.54) is 0 Å². The van der Waals surface area contributed by atoms with Gasteiger partial charge in [0.25, 0.3) is 0 Å². The molecule has 0 unspecified atom stereocenters. The van der Waals surface area contributed by atoms with Crippen LogP contribution in [0.2, 0.25) is 0 Å². The summed E-state index contributed by atoms with van der Waals surface area (Å²) >= 11 is 0. The monoisotopic (exact) mass is 691 g/mol. The van der Waals surface area contributed by atoms with Crippen molar-refractivity contribution in [2.24, 2.45) is 0 Å². The van der Waals surface area contributed by atoms with Crippen molar-refractivity contribution in [3.05, 3.63) is 0 Å². The van der Waals surface area contributed by atoms with Gasteiger partial charge in [-0.25, -0.2) is 0 Å². The van der Waals surface area contributed by atoms with Gasteiger partial charge in [-0.05, 0) is 0 Å². The summed E-state index contributed by atoms with van der Waals surface area (Å²) in [5, 5.41) is -2.55. The van der Waals surface area contributed by atoms with E-state index in [2.05, 4.69) is 4.74 Å². The van der Waals surface area contributed by atoms with Crippen molar-refractivity contribution in [3.63, 3.8) is 0 Å². The number of hydrogen-bond donors (Lipinski definition) is 0. The first-order valence-corrected chi connectivity index (χ1v) is 8.43. The Balaban J connectivity index is 3.48. The number of ether oxygens (including phenoxy) is 2. The number of hydrogen-bond acceptors (Lipinski definition) is 3. The molecule has 0 atom stereocenters. The molecule has 0 amide bonds. The van der Waals surface area contributed by atoms with Gasteiger partial charge < -0.3 is 0 Å². The number of morpholine rings is 1. The van der Waals surface area contributed by atoms with Crippen molar-refractivity contribution in [3.8, 4) is 0 Å². The Hall–Kier alpha value is -2.30. The van der Waals surface area contributed by atoms with Crippen LogP contribution in [0, 0.1) is 0 Å². The van der Waals surface area contributed by atoms with E-state index in [4.69, 9.17) is 0 Å². The summed E-state index contributed by atoms with van der Waals surface area (Å²) in [4.78, 5) is 0. The van der Waals surface area contributed by atoms with Crippen molar-refractivity contribution in [2.45, 2.75) is 42.8 Å². The number of nitrogens with zero attached hydrogens (tertiary/aromatic N) is 1. The average Bonchev–Trinajstić information content (AvgIpc) is 2.42. The first-order chi connectivity index (χ1) is 12.1. The molecule has 0 bridgehead atoms. The SMILES string of the molecule is FC(F)C(F)(F)CO/[C](=[Cf]\[N]1C(F)(F)C(F)(F)OC(F)(F)C1(F)F)C(F)(F)F. The molecule has 0 aromatic carbocycles. The molecular weight excluding hydrogens is 690 g/mol. The van der Waals surface area contributed by atoms with Gasteiger partial charge in [0, 0.05) is 0 Å². The van der Waals surface area contributed by atoms with Gasteiger partial charge in [0.1, 0.15) is 0 Å². The third kappa shape index (κ3) is 3.94. The van der Waals surface area contributed by atoms with Gasteiger partial charge in [0.05, 0.1) is 0 Å². The van der Waals surface area contributed by atoms with E-state index in [1.54, 1.807) is 0 Å². The van der Waals surface area contributed by atoms with Crippen LogP contribution in [0.4, 0.5) is 65.9 Å². The van der Waals surface area contributed by atoms with Gasteiger partial charge in [-0.3, -0.25) is 0 Å². The predicted molar refractivity (Wildman–Crippen MR) is 50.7 cm³/mol. The molecule has 1 fully saturated rings. The molecular formula is C9H3CfF15NO2. The summed E-state index contributed by atoms with van der Waals surface area (Å²) in [5.41, 5.74) is 0. The molecule has 1 aliphatic heterocycles. The Morgan fingerprint density at radius 3 is 1.57 bits per heavy atom. The molecule has 1 aliphatic rings. The first-order valence-electron chi connectivity index (χ1n) is 5.93. The molecule has 0 radical (unpaired) electrons. The van der Waals surface area contributed by atoms with Crippen LogP contribution in [-0.2, 0) is 9.47 Å². The maximum absolute atomic E-state index is 13.4. The number of rotatable bonds is 5. The van der Waals surface area contributed by atoms with Crippen LogP contribution in [0.1, 0.15) is 0 Å². The van der Waals surface area contributed by atoms with E-state index >= 15 is 0 Å². The fraction of sp³-hybridized carbons (Fsp3) is 0.889. The molecule has 28 heavy (non-hydrogen) atoms. The third-order valence-electron chi connectivity index (χ3n) is 2.46. The summed E-state index contributed by atoms with van der Waals surface area (Å²) < 4.78 is 192. The maximum atomic E-state index is 13.4. The molecule has 3 nitrogen and oxygen atoms in total. The van der Waals surface area contributed by atoms with Crippen LogP contribution in [0.3, 0.4) is 0 Å². The zero-order valence-corrected chi connectivity index (χ0v) is 14.7. The second-order valence-electron chi connectivity index (χ2n) is 4.64. The minimum atomic E-state index is -6.47. The Morgan fingerprint density at radius 2 is 1.25 bits per heavy atom. The van der Waals surface area contributed by atoms with Crippen LogP contribution >= 0.6 is 0 Å². The molecule has 0 aliphatic carbocycles. The Labute approximate surface area is 138 Å². The normalized spacial score (nSPS) is 24.9. The van der Waals surface area contributed by atoms with E-state index in [0.29, 0.717) is 0 Å². The topological polar surface area (TPSA) is 21.7 Å². The molecule has 0 spiro atoms. The van der Waals surface area contributed by atoms with E-state index in [1.807, 2.05) is 4.74 Å². The van der Waals surface area contributed by atoms with Crippen LogP contribution in [0.15, 0.2) is 0 Å². The summed E-state index contributed by atoms with van der Waals surface area (Å²) in [6, 6.07) is -12.9. The van der Waals surface area contributed by atoms with Gasteiger partial charge >= 0.3 is 137 Å². The van der Waals surface area contributed by atoms with Gasteiger partial charge in [0.2, 0.25) is 0 Å². The van der Waals surface area contributed by atoms with E-state index in [-0.39, 0.29) is 0 Å². The quantitative estimate of drug-likeness (QED) is 0.317. The van der Waals surface area contributed by atoms with Gasteiger partial charge in [-0.15, -0.1) is 0 Å². The first kappa shape index (κ1) is 23.7. The number of alkyl halides is 15. The summed E-state index contributed by atoms with van der Waals surface area (Å²) in [6.45, 7) is -6.02. The van der Waals surface area contributed by atoms with Crippen LogP contribution in [0.25, 0.3) is 0 Å². The predicted octanol–water partition coefficient (Wildman–Crippen LogP) is 4.30. The molecule has 0 aromatic heterocycles. The fourth-order valence-electron chi connectivity index (χ4n) is 1.19. The standard InChI is InChI=1S/C5H3F7O.C4F8NO.Cf/c6-3(7)4(8,9)1-13-2-5(10,11)12;5-1(6)3(9,10)14-4(11,12)2(7,8)13-1;/h3H,1H2;;/q;-1;+1. The second kappa shape index (κ2) is 6.36. The summed E-state index contributed by atoms with van der Waals surface area (Å²) in [5.74, 6) is -5.34. The second-order valence-corrected chi connectivity index (χ2v) is 7.60. The van der Waals surface area contributed by atoms with Crippen LogP contribution in [0.5, 0.6) is 0 Å². The Morgan fingerprint density at radius 1 is 0.857 bits per heavy atom. The average molecular weight is 693 g/mol. The van der Waals surface area contributed by atoms with Crippen molar-refractivity contribution in [1.82, 2.24) is 5.32 Å².